The van der Waals surface area contributed by atoms with Crippen LogP contribution in [-0.2, 0) is 0 Å². The van der Waals surface area contributed by atoms with Gasteiger partial charge in [0.15, 0.2) is 0 Å². The van der Waals surface area contributed by atoms with E-state index in [1.165, 1.54) is 30.4 Å². The molecule has 2 heteroatoms. The van der Waals surface area contributed by atoms with Crippen LogP contribution in [0.3, 0.4) is 0 Å². The number of hydrogen-bond acceptors (Lipinski definition) is 2. The van der Waals surface area contributed by atoms with E-state index in [2.05, 4.69) is 16.0 Å². The van der Waals surface area contributed by atoms with Crippen molar-refractivity contribution in [3.8, 4) is 0 Å². The van der Waals surface area contributed by atoms with E-state index in [-0.39, 0.29) is 0 Å². The van der Waals surface area contributed by atoms with Crippen LogP contribution in [0.2, 0.25) is 0 Å². The Morgan fingerprint density at radius 1 is 1.18 bits per heavy atom. The summed E-state index contributed by atoms with van der Waals surface area (Å²) < 4.78 is 0. The maximum absolute atomic E-state index is 3.98. The molecule has 0 amide bonds. The predicted molar refractivity (Wildman–Crippen MR) is 43.9 cm³/mol. The van der Waals surface area contributed by atoms with Crippen molar-refractivity contribution in [1.82, 2.24) is 9.97 Å². The molecule has 56 valence electrons. The Balaban J connectivity index is 2.29. The molecule has 2 rings (SSSR count). The fourth-order valence-corrected chi connectivity index (χ4v) is 1.40. The van der Waals surface area contributed by atoms with E-state index in [1.54, 1.807) is 6.33 Å². The molecular formula is C9H10N2. The highest BCUT2D eigenvalue weighted by Gasteiger charge is 2.06. The van der Waals surface area contributed by atoms with Crippen LogP contribution >= 0.6 is 0 Å². The second-order valence-electron chi connectivity index (χ2n) is 2.75. The zero-order valence-corrected chi connectivity index (χ0v) is 6.33. The van der Waals surface area contributed by atoms with Crippen LogP contribution in [-0.4, -0.2) is 9.97 Å². The molecule has 0 unspecified atom stereocenters. The average Bonchev–Trinajstić information content (AvgIpc) is 2.58. The van der Waals surface area contributed by atoms with Crippen molar-refractivity contribution in [3.05, 3.63) is 30.4 Å². The number of nitrogens with zero attached hydrogens (tertiary/aromatic N) is 2. The lowest BCUT2D eigenvalue weighted by molar-refractivity contribution is 0.934. The predicted octanol–water partition coefficient (Wildman–Crippen LogP) is 2.04. The van der Waals surface area contributed by atoms with Crippen molar-refractivity contribution < 1.29 is 0 Å². The Kier molecular flexibility index (Phi) is 1.68. The highest BCUT2D eigenvalue weighted by atomic mass is 14.8. The van der Waals surface area contributed by atoms with Crippen LogP contribution in [0.4, 0.5) is 0 Å². The summed E-state index contributed by atoms with van der Waals surface area (Å²) in [6.07, 6.45) is 11.3. The fourth-order valence-electron chi connectivity index (χ4n) is 1.40. The van der Waals surface area contributed by atoms with Gasteiger partial charge in [-0.3, -0.25) is 0 Å². The van der Waals surface area contributed by atoms with Crippen molar-refractivity contribution in [1.29, 1.82) is 0 Å². The number of hydrogen-bond donors (Lipinski definition) is 0. The first-order valence-corrected chi connectivity index (χ1v) is 3.91. The summed E-state index contributed by atoms with van der Waals surface area (Å²) in [5, 5.41) is 0. The summed E-state index contributed by atoms with van der Waals surface area (Å²) in [7, 11) is 0. The van der Waals surface area contributed by atoms with Crippen molar-refractivity contribution in [2.45, 2.75) is 19.3 Å². The first-order chi connectivity index (χ1) is 5.47. The third-order valence-electron chi connectivity index (χ3n) is 1.97. The molecule has 0 aromatic carbocycles. The lowest BCUT2D eigenvalue weighted by atomic mass is 10.1. The summed E-state index contributed by atoms with van der Waals surface area (Å²) in [5.74, 6) is 0. The lowest BCUT2D eigenvalue weighted by Gasteiger charge is -1.97. The first-order valence-electron chi connectivity index (χ1n) is 3.91. The average molecular weight is 146 g/mol. The van der Waals surface area contributed by atoms with Gasteiger partial charge in [0, 0.05) is 18.0 Å². The van der Waals surface area contributed by atoms with Crippen LogP contribution in [0.1, 0.15) is 24.8 Å². The standard InChI is InChI=1S/C9H10N2/c1-2-4-8(3-1)9-5-10-7-11-6-9/h3,5-7H,1-2,4H2. The Labute approximate surface area is 66.0 Å². The van der Waals surface area contributed by atoms with Crippen LogP contribution in [0, 0.1) is 0 Å². The van der Waals surface area contributed by atoms with Gasteiger partial charge in [-0.25, -0.2) is 9.97 Å². The Hall–Kier alpha value is -1.18. The van der Waals surface area contributed by atoms with Gasteiger partial charge in [-0.15, -0.1) is 0 Å². The third-order valence-corrected chi connectivity index (χ3v) is 1.97. The molecule has 0 atom stereocenters. The zero-order chi connectivity index (χ0) is 7.52. The maximum Gasteiger partial charge on any atom is 0.115 e. The van der Waals surface area contributed by atoms with Gasteiger partial charge in [0.2, 0.25) is 0 Å². The van der Waals surface area contributed by atoms with Gasteiger partial charge >= 0.3 is 0 Å². The minimum Gasteiger partial charge on any atom is -0.244 e. The van der Waals surface area contributed by atoms with E-state index in [0.717, 1.165) is 0 Å². The van der Waals surface area contributed by atoms with E-state index >= 15 is 0 Å². The summed E-state index contributed by atoms with van der Waals surface area (Å²) >= 11 is 0. The monoisotopic (exact) mass is 146 g/mol. The summed E-state index contributed by atoms with van der Waals surface area (Å²) in [4.78, 5) is 7.95. The molecule has 0 spiro atoms. The van der Waals surface area contributed by atoms with Gasteiger partial charge in [-0.1, -0.05) is 6.08 Å². The van der Waals surface area contributed by atoms with Gasteiger partial charge < -0.3 is 0 Å². The van der Waals surface area contributed by atoms with Crippen molar-refractivity contribution in [3.63, 3.8) is 0 Å². The molecule has 1 aromatic heterocycles. The minimum absolute atomic E-state index is 1.19. The van der Waals surface area contributed by atoms with Crippen LogP contribution in [0.25, 0.3) is 5.57 Å². The summed E-state index contributed by atoms with van der Waals surface area (Å²) in [6.45, 7) is 0. The smallest absolute Gasteiger partial charge is 0.115 e. The van der Waals surface area contributed by atoms with E-state index in [9.17, 15) is 0 Å². The highest BCUT2D eigenvalue weighted by molar-refractivity contribution is 5.65. The van der Waals surface area contributed by atoms with Crippen molar-refractivity contribution in [2.75, 3.05) is 0 Å². The molecule has 0 bridgehead atoms. The molecule has 0 radical (unpaired) electrons. The maximum atomic E-state index is 3.98. The molecule has 1 heterocycles. The van der Waals surface area contributed by atoms with Gasteiger partial charge in [-0.05, 0) is 24.8 Å². The molecule has 1 aromatic rings. The van der Waals surface area contributed by atoms with Gasteiger partial charge in [0.05, 0.1) is 0 Å². The van der Waals surface area contributed by atoms with Crippen molar-refractivity contribution in [2.24, 2.45) is 0 Å². The SMILES string of the molecule is C1=C(c2cncnc2)CCC1. The van der Waals surface area contributed by atoms with Gasteiger partial charge in [0.25, 0.3) is 0 Å². The minimum atomic E-state index is 1.19. The number of rotatable bonds is 1. The summed E-state index contributed by atoms with van der Waals surface area (Å²) in [5.41, 5.74) is 2.59. The van der Waals surface area contributed by atoms with Crippen LogP contribution < -0.4 is 0 Å². The van der Waals surface area contributed by atoms with Crippen LogP contribution in [0.15, 0.2) is 24.8 Å². The Morgan fingerprint density at radius 3 is 2.64 bits per heavy atom. The van der Waals surface area contributed by atoms with E-state index in [4.69, 9.17) is 0 Å². The largest absolute Gasteiger partial charge is 0.244 e. The second kappa shape index (κ2) is 2.82. The fraction of sp³-hybridized carbons (Fsp3) is 0.333. The van der Waals surface area contributed by atoms with Crippen LogP contribution in [0.5, 0.6) is 0 Å². The molecule has 0 saturated heterocycles. The quantitative estimate of drug-likeness (QED) is 0.606. The van der Waals surface area contributed by atoms with Crippen molar-refractivity contribution >= 4 is 5.57 Å². The lowest BCUT2D eigenvalue weighted by Crippen LogP contribution is -1.83. The second-order valence-corrected chi connectivity index (χ2v) is 2.75. The molecule has 1 aliphatic rings. The highest BCUT2D eigenvalue weighted by Crippen LogP contribution is 2.25. The van der Waals surface area contributed by atoms with Gasteiger partial charge in [0.1, 0.15) is 6.33 Å². The molecule has 11 heavy (non-hydrogen) atoms. The molecular weight excluding hydrogens is 136 g/mol. The molecule has 0 N–H and O–H groups in total. The van der Waals surface area contributed by atoms with E-state index < -0.39 is 0 Å². The normalized spacial score (nSPS) is 16.5. The molecule has 0 fully saturated rings. The van der Waals surface area contributed by atoms with E-state index in [0.29, 0.717) is 0 Å². The topological polar surface area (TPSA) is 25.8 Å². The third kappa shape index (κ3) is 1.29. The molecule has 0 saturated carbocycles. The molecule has 0 aliphatic heterocycles. The molecule has 2 nitrogen and oxygen atoms in total. The molecule has 1 aliphatic carbocycles. The number of allylic oxidation sites excluding steroid dienone is 2. The van der Waals surface area contributed by atoms with E-state index in [1.807, 2.05) is 12.4 Å². The van der Waals surface area contributed by atoms with Gasteiger partial charge in [-0.2, -0.15) is 0 Å². The zero-order valence-electron chi connectivity index (χ0n) is 6.33. The Morgan fingerprint density at radius 2 is 2.00 bits per heavy atom. The number of aromatic nitrogens is 2. The summed E-state index contributed by atoms with van der Waals surface area (Å²) in [6, 6.07) is 0. The Bertz CT molecular complexity index is 264. The first kappa shape index (κ1) is 6.53.